The molecule has 94 valence electrons. The van der Waals surface area contributed by atoms with Crippen LogP contribution in [0.4, 0.5) is 0 Å². The van der Waals surface area contributed by atoms with E-state index in [1.165, 1.54) is 10.9 Å². The number of hydrogen-bond acceptors (Lipinski definition) is 2. The number of carbonyl (C=O) groups is 1. The van der Waals surface area contributed by atoms with Crippen LogP contribution in [-0.2, 0) is 11.3 Å². The molecule has 1 aliphatic heterocycles. The zero-order valence-corrected chi connectivity index (χ0v) is 10.9. The second kappa shape index (κ2) is 3.95. The van der Waals surface area contributed by atoms with E-state index in [9.17, 15) is 4.79 Å². The summed E-state index contributed by atoms with van der Waals surface area (Å²) in [5.74, 6) is 0.349. The fraction of sp³-hybridized carbons (Fsp3) is 0.400. The molecule has 1 aliphatic rings. The van der Waals surface area contributed by atoms with Crippen LogP contribution in [0.5, 0.6) is 0 Å². The lowest BCUT2D eigenvalue weighted by Gasteiger charge is -2.29. The number of hydrogen-bond donors (Lipinski definition) is 1. The van der Waals surface area contributed by atoms with Gasteiger partial charge in [0.2, 0.25) is 0 Å². The van der Waals surface area contributed by atoms with Gasteiger partial charge in [0.25, 0.3) is 0 Å². The Balaban J connectivity index is 1.91. The molecule has 3 nitrogen and oxygen atoms in total. The summed E-state index contributed by atoms with van der Waals surface area (Å²) in [7, 11) is 0. The highest BCUT2D eigenvalue weighted by atomic mass is 16.1. The zero-order valence-electron chi connectivity index (χ0n) is 10.9. The predicted octanol–water partition coefficient (Wildman–Crippen LogP) is 2.72. The molecular weight excluding hydrogens is 224 g/mol. The van der Waals surface area contributed by atoms with Crippen LogP contribution in [0.2, 0.25) is 0 Å². The number of Topliss-reactive ketones (excluding diaryl/α,β-unsaturated/α-hetero) is 1. The number of H-pyrrole nitrogens is 1. The number of likely N-dealkylation sites (tertiary alicyclic amines) is 1. The summed E-state index contributed by atoms with van der Waals surface area (Å²) < 4.78 is 0. The molecule has 1 saturated heterocycles. The van der Waals surface area contributed by atoms with E-state index in [0.29, 0.717) is 12.2 Å². The van der Waals surface area contributed by atoms with Crippen LogP contribution in [0.15, 0.2) is 30.5 Å². The van der Waals surface area contributed by atoms with Crippen molar-refractivity contribution >= 4 is 16.7 Å². The summed E-state index contributed by atoms with van der Waals surface area (Å²) in [5, 5.41) is 1.26. The van der Waals surface area contributed by atoms with E-state index in [2.05, 4.69) is 34.3 Å². The highest BCUT2D eigenvalue weighted by Gasteiger charge is 2.39. The number of aromatic nitrogens is 1. The molecule has 0 bridgehead atoms. The zero-order chi connectivity index (χ0) is 12.8. The average molecular weight is 242 g/mol. The summed E-state index contributed by atoms with van der Waals surface area (Å²) in [6.07, 6.45) is 2.74. The molecule has 1 aromatic carbocycles. The first-order chi connectivity index (χ1) is 8.59. The van der Waals surface area contributed by atoms with Crippen LogP contribution < -0.4 is 0 Å². The van der Waals surface area contributed by atoms with Gasteiger partial charge in [-0.05, 0) is 25.5 Å². The SMILES string of the molecule is CC1(C)C(=O)CCN1Cc1c[nH]c2ccccc12. The summed E-state index contributed by atoms with van der Waals surface area (Å²) in [5.41, 5.74) is 2.11. The highest BCUT2D eigenvalue weighted by molar-refractivity contribution is 5.90. The molecule has 0 atom stereocenters. The Labute approximate surface area is 107 Å². The molecule has 1 fully saturated rings. The lowest BCUT2D eigenvalue weighted by Crippen LogP contribution is -2.42. The molecule has 0 amide bonds. The fourth-order valence-corrected chi connectivity index (χ4v) is 2.74. The third-order valence-corrected chi connectivity index (χ3v) is 4.12. The van der Waals surface area contributed by atoms with Gasteiger partial charge in [-0.15, -0.1) is 0 Å². The molecule has 1 aromatic heterocycles. The van der Waals surface area contributed by atoms with E-state index in [1.54, 1.807) is 0 Å². The molecule has 0 saturated carbocycles. The maximum atomic E-state index is 11.8. The van der Waals surface area contributed by atoms with Crippen molar-refractivity contribution in [3.05, 3.63) is 36.0 Å². The van der Waals surface area contributed by atoms with Gasteiger partial charge in [-0.2, -0.15) is 0 Å². The van der Waals surface area contributed by atoms with E-state index in [1.807, 2.05) is 19.9 Å². The van der Waals surface area contributed by atoms with Gasteiger partial charge in [-0.25, -0.2) is 0 Å². The molecule has 3 heteroatoms. The van der Waals surface area contributed by atoms with E-state index >= 15 is 0 Å². The minimum Gasteiger partial charge on any atom is -0.361 e. The van der Waals surface area contributed by atoms with Crippen molar-refractivity contribution in [3.8, 4) is 0 Å². The van der Waals surface area contributed by atoms with Crippen molar-refractivity contribution in [2.75, 3.05) is 6.54 Å². The number of fused-ring (bicyclic) bond motifs is 1. The number of nitrogens with zero attached hydrogens (tertiary/aromatic N) is 1. The van der Waals surface area contributed by atoms with Gasteiger partial charge in [0.15, 0.2) is 5.78 Å². The number of carbonyl (C=O) groups excluding carboxylic acids is 1. The first-order valence-electron chi connectivity index (χ1n) is 6.42. The molecule has 2 heterocycles. The molecule has 0 spiro atoms. The summed E-state index contributed by atoms with van der Waals surface area (Å²) in [4.78, 5) is 17.4. The Morgan fingerprint density at radius 1 is 1.33 bits per heavy atom. The second-order valence-electron chi connectivity index (χ2n) is 5.51. The normalized spacial score (nSPS) is 19.8. The topological polar surface area (TPSA) is 36.1 Å². The summed E-state index contributed by atoms with van der Waals surface area (Å²) in [6, 6.07) is 8.30. The maximum absolute atomic E-state index is 11.8. The summed E-state index contributed by atoms with van der Waals surface area (Å²) >= 11 is 0. The van der Waals surface area contributed by atoms with Crippen LogP contribution in [0, 0.1) is 0 Å². The number of benzene rings is 1. The molecule has 2 aromatic rings. The van der Waals surface area contributed by atoms with Crippen molar-refractivity contribution < 1.29 is 4.79 Å². The van der Waals surface area contributed by atoms with Crippen LogP contribution in [-0.4, -0.2) is 27.8 Å². The highest BCUT2D eigenvalue weighted by Crippen LogP contribution is 2.29. The van der Waals surface area contributed by atoms with E-state index in [-0.39, 0.29) is 5.54 Å². The molecule has 3 rings (SSSR count). The minimum absolute atomic E-state index is 0.321. The van der Waals surface area contributed by atoms with Crippen molar-refractivity contribution in [1.29, 1.82) is 0 Å². The number of ketones is 1. The molecule has 18 heavy (non-hydrogen) atoms. The molecule has 1 N–H and O–H groups in total. The van der Waals surface area contributed by atoms with Crippen LogP contribution in [0.25, 0.3) is 10.9 Å². The van der Waals surface area contributed by atoms with E-state index in [0.717, 1.165) is 18.6 Å². The standard InChI is InChI=1S/C15H18N2O/c1-15(2)14(18)7-8-17(15)10-11-9-16-13-6-4-3-5-12(11)13/h3-6,9,16H,7-8,10H2,1-2H3. The Morgan fingerprint density at radius 2 is 2.11 bits per heavy atom. The Morgan fingerprint density at radius 3 is 2.83 bits per heavy atom. The van der Waals surface area contributed by atoms with Crippen molar-refractivity contribution in [1.82, 2.24) is 9.88 Å². The Bertz CT molecular complexity index is 597. The van der Waals surface area contributed by atoms with Gasteiger partial charge >= 0.3 is 0 Å². The number of para-hydroxylation sites is 1. The third-order valence-electron chi connectivity index (χ3n) is 4.12. The fourth-order valence-electron chi connectivity index (χ4n) is 2.74. The Hall–Kier alpha value is -1.61. The van der Waals surface area contributed by atoms with Crippen LogP contribution >= 0.6 is 0 Å². The van der Waals surface area contributed by atoms with Gasteiger partial charge in [0.1, 0.15) is 0 Å². The monoisotopic (exact) mass is 242 g/mol. The smallest absolute Gasteiger partial charge is 0.153 e. The van der Waals surface area contributed by atoms with Gasteiger partial charge in [-0.1, -0.05) is 18.2 Å². The van der Waals surface area contributed by atoms with Crippen molar-refractivity contribution in [2.24, 2.45) is 0 Å². The molecule has 0 aliphatic carbocycles. The lowest BCUT2D eigenvalue weighted by molar-refractivity contribution is -0.123. The predicted molar refractivity (Wildman–Crippen MR) is 72.4 cm³/mol. The van der Waals surface area contributed by atoms with Crippen LogP contribution in [0.3, 0.4) is 0 Å². The van der Waals surface area contributed by atoms with Gasteiger partial charge < -0.3 is 4.98 Å². The number of rotatable bonds is 2. The van der Waals surface area contributed by atoms with E-state index in [4.69, 9.17) is 0 Å². The van der Waals surface area contributed by atoms with Crippen LogP contribution in [0.1, 0.15) is 25.8 Å². The van der Waals surface area contributed by atoms with Gasteiger partial charge in [0, 0.05) is 36.6 Å². The molecule has 0 radical (unpaired) electrons. The largest absolute Gasteiger partial charge is 0.361 e. The Kier molecular flexibility index (Phi) is 2.52. The second-order valence-corrected chi connectivity index (χ2v) is 5.51. The van der Waals surface area contributed by atoms with Gasteiger partial charge in [-0.3, -0.25) is 9.69 Å². The lowest BCUT2D eigenvalue weighted by atomic mass is 10.00. The number of nitrogens with one attached hydrogen (secondary N) is 1. The molecular formula is C15H18N2O. The van der Waals surface area contributed by atoms with Crippen molar-refractivity contribution in [2.45, 2.75) is 32.4 Å². The van der Waals surface area contributed by atoms with Gasteiger partial charge in [0.05, 0.1) is 5.54 Å². The van der Waals surface area contributed by atoms with E-state index < -0.39 is 0 Å². The van der Waals surface area contributed by atoms with Crippen molar-refractivity contribution in [3.63, 3.8) is 0 Å². The molecule has 0 unspecified atom stereocenters. The first kappa shape index (κ1) is 11.5. The third kappa shape index (κ3) is 1.66. The summed E-state index contributed by atoms with van der Waals surface area (Å²) in [6.45, 7) is 5.75. The minimum atomic E-state index is -0.321. The maximum Gasteiger partial charge on any atom is 0.153 e. The average Bonchev–Trinajstić information content (AvgIpc) is 2.87. The first-order valence-corrected chi connectivity index (χ1v) is 6.42. The number of aromatic amines is 1. The quantitative estimate of drug-likeness (QED) is 0.879.